The smallest absolute Gasteiger partial charge is 0.432 e. The molecule has 0 fully saturated rings. The third-order valence-corrected chi connectivity index (χ3v) is 4.86. The molecular weight excluding hydrogens is 425 g/mol. The lowest BCUT2D eigenvalue weighted by Crippen LogP contribution is -2.43. The number of benzene rings is 1. The highest BCUT2D eigenvalue weighted by atomic mass is 19.4. The zero-order valence-electron chi connectivity index (χ0n) is 17.0. The second kappa shape index (κ2) is 10.0. The molecule has 1 aromatic rings. The normalized spacial score (nSPS) is 18.2. The van der Waals surface area contributed by atoms with Gasteiger partial charge in [0.1, 0.15) is 23.8 Å². The number of hydrogen-bond acceptors (Lipinski definition) is 7. The van der Waals surface area contributed by atoms with Crippen molar-refractivity contribution >= 4 is 11.8 Å². The van der Waals surface area contributed by atoms with Gasteiger partial charge in [0, 0.05) is 24.4 Å². The maximum Gasteiger partial charge on any atom is 0.432 e. The SMILES string of the molecule is CC1(C(F)(F)F)OC(=C(C#N)C#N)C(C#N)=C1/C=C/c1ccc(N(CCO)CCO)cc1. The van der Waals surface area contributed by atoms with E-state index in [0.29, 0.717) is 24.3 Å². The van der Waals surface area contributed by atoms with Crippen LogP contribution in [0.25, 0.3) is 6.08 Å². The van der Waals surface area contributed by atoms with Crippen LogP contribution in [0, 0.1) is 34.0 Å². The Morgan fingerprint density at radius 2 is 1.62 bits per heavy atom. The Morgan fingerprint density at radius 3 is 2.06 bits per heavy atom. The summed E-state index contributed by atoms with van der Waals surface area (Å²) in [6.45, 7) is 1.08. The van der Waals surface area contributed by atoms with Gasteiger partial charge in [-0.15, -0.1) is 0 Å². The second-order valence-electron chi connectivity index (χ2n) is 6.82. The van der Waals surface area contributed by atoms with E-state index in [0.717, 1.165) is 13.0 Å². The van der Waals surface area contributed by atoms with Crippen LogP contribution in [0.2, 0.25) is 0 Å². The predicted molar refractivity (Wildman–Crippen MR) is 108 cm³/mol. The Bertz CT molecular complexity index is 1050. The molecule has 7 nitrogen and oxygen atoms in total. The minimum atomic E-state index is -4.93. The summed E-state index contributed by atoms with van der Waals surface area (Å²) in [6.07, 6.45) is -2.49. The van der Waals surface area contributed by atoms with Crippen molar-refractivity contribution in [2.24, 2.45) is 0 Å². The van der Waals surface area contributed by atoms with E-state index in [4.69, 9.17) is 25.5 Å². The summed E-state index contributed by atoms with van der Waals surface area (Å²) < 4.78 is 46.4. The standard InChI is InChI=1S/C22H19F3N4O3/c1-21(22(23,24)25)19(18(14-28)20(32-21)16(12-26)13-27)7-4-15-2-5-17(6-3-15)29(8-10-30)9-11-31/h2-7,30-31H,8-11H2,1H3/b7-4+. The summed E-state index contributed by atoms with van der Waals surface area (Å²) in [4.78, 5) is 1.73. The highest BCUT2D eigenvalue weighted by Crippen LogP contribution is 2.49. The molecule has 2 N–H and O–H groups in total. The van der Waals surface area contributed by atoms with Gasteiger partial charge in [0.05, 0.1) is 13.2 Å². The number of nitrogens with zero attached hydrogens (tertiary/aromatic N) is 4. The average Bonchev–Trinajstić information content (AvgIpc) is 3.06. The van der Waals surface area contributed by atoms with E-state index in [-0.39, 0.29) is 13.2 Å². The van der Waals surface area contributed by atoms with E-state index in [1.54, 1.807) is 35.2 Å². The summed E-state index contributed by atoms with van der Waals surface area (Å²) in [5.74, 6) is -0.698. The minimum Gasteiger partial charge on any atom is -0.470 e. The van der Waals surface area contributed by atoms with Crippen LogP contribution in [-0.2, 0) is 4.74 Å². The van der Waals surface area contributed by atoms with Crippen LogP contribution in [-0.4, -0.2) is 48.3 Å². The fourth-order valence-electron chi connectivity index (χ4n) is 3.12. The zero-order chi connectivity index (χ0) is 23.9. The van der Waals surface area contributed by atoms with Crippen LogP contribution in [0.4, 0.5) is 18.9 Å². The molecule has 0 radical (unpaired) electrons. The molecule has 0 aliphatic carbocycles. The maximum atomic E-state index is 13.8. The average molecular weight is 444 g/mol. The van der Waals surface area contributed by atoms with Crippen molar-refractivity contribution in [1.82, 2.24) is 0 Å². The van der Waals surface area contributed by atoms with Crippen LogP contribution < -0.4 is 4.90 Å². The van der Waals surface area contributed by atoms with Crippen molar-refractivity contribution in [2.45, 2.75) is 18.7 Å². The first-order chi connectivity index (χ1) is 15.2. The molecule has 0 saturated heterocycles. The lowest BCUT2D eigenvalue weighted by atomic mass is 9.91. The van der Waals surface area contributed by atoms with E-state index in [1.807, 2.05) is 0 Å². The molecule has 0 amide bonds. The predicted octanol–water partition coefficient (Wildman–Crippen LogP) is 2.96. The molecule has 1 atom stereocenters. The fraction of sp³-hybridized carbons (Fsp3) is 0.318. The molecule has 1 aliphatic heterocycles. The highest BCUT2D eigenvalue weighted by molar-refractivity contribution is 5.65. The Labute approximate surface area is 182 Å². The number of rotatable bonds is 7. The van der Waals surface area contributed by atoms with Gasteiger partial charge < -0.3 is 19.8 Å². The number of anilines is 1. The van der Waals surface area contributed by atoms with Crippen LogP contribution in [0.1, 0.15) is 12.5 Å². The number of aliphatic hydroxyl groups excluding tert-OH is 2. The van der Waals surface area contributed by atoms with Crippen LogP contribution in [0.3, 0.4) is 0 Å². The van der Waals surface area contributed by atoms with Gasteiger partial charge in [0.15, 0.2) is 11.3 Å². The van der Waals surface area contributed by atoms with E-state index in [9.17, 15) is 18.4 Å². The van der Waals surface area contributed by atoms with Gasteiger partial charge in [-0.3, -0.25) is 0 Å². The molecule has 166 valence electrons. The number of hydrogen-bond donors (Lipinski definition) is 2. The van der Waals surface area contributed by atoms with E-state index < -0.39 is 34.3 Å². The highest BCUT2D eigenvalue weighted by Gasteiger charge is 2.60. The summed E-state index contributed by atoms with van der Waals surface area (Å²) in [5.41, 5.74) is -3.48. The van der Waals surface area contributed by atoms with Gasteiger partial charge in [-0.25, -0.2) is 0 Å². The Morgan fingerprint density at radius 1 is 1.06 bits per heavy atom. The van der Waals surface area contributed by atoms with Gasteiger partial charge in [-0.2, -0.15) is 29.0 Å². The van der Waals surface area contributed by atoms with E-state index in [1.165, 1.54) is 18.2 Å². The van der Waals surface area contributed by atoms with Crippen molar-refractivity contribution in [3.05, 3.63) is 58.4 Å². The molecular formula is C22H19F3N4O3. The summed E-state index contributed by atoms with van der Waals surface area (Å²) in [6, 6.07) is 11.1. The minimum absolute atomic E-state index is 0.119. The molecule has 10 heteroatoms. The number of allylic oxidation sites excluding steroid dienone is 2. The van der Waals surface area contributed by atoms with E-state index in [2.05, 4.69) is 0 Å². The Kier molecular flexibility index (Phi) is 7.67. The summed E-state index contributed by atoms with van der Waals surface area (Å²) in [5, 5.41) is 45.8. The molecule has 0 spiro atoms. The first kappa shape index (κ1) is 24.5. The zero-order valence-corrected chi connectivity index (χ0v) is 17.0. The van der Waals surface area contributed by atoms with Gasteiger partial charge in [-0.05, 0) is 24.6 Å². The van der Waals surface area contributed by atoms with Crippen molar-refractivity contribution < 1.29 is 28.1 Å². The molecule has 1 unspecified atom stereocenters. The third kappa shape index (κ3) is 4.76. The molecule has 0 aromatic heterocycles. The van der Waals surface area contributed by atoms with Crippen molar-refractivity contribution in [2.75, 3.05) is 31.2 Å². The molecule has 1 aromatic carbocycles. The van der Waals surface area contributed by atoms with Crippen molar-refractivity contribution in [3.63, 3.8) is 0 Å². The Balaban J connectivity index is 2.50. The number of aliphatic hydroxyl groups is 2. The number of nitriles is 3. The number of halogens is 3. The molecule has 2 rings (SSSR count). The lowest BCUT2D eigenvalue weighted by Gasteiger charge is -2.28. The molecule has 1 aliphatic rings. The summed E-state index contributed by atoms with van der Waals surface area (Å²) in [7, 11) is 0. The Hall–Kier alpha value is -3.78. The number of alkyl halides is 3. The topological polar surface area (TPSA) is 124 Å². The van der Waals surface area contributed by atoms with Gasteiger partial charge in [0.25, 0.3) is 0 Å². The first-order valence-electron chi connectivity index (χ1n) is 9.37. The number of ether oxygens (including phenoxy) is 1. The van der Waals surface area contributed by atoms with Crippen LogP contribution >= 0.6 is 0 Å². The van der Waals surface area contributed by atoms with Crippen LogP contribution in [0.15, 0.2) is 52.8 Å². The second-order valence-corrected chi connectivity index (χ2v) is 6.82. The van der Waals surface area contributed by atoms with Gasteiger partial charge in [-0.1, -0.05) is 24.3 Å². The molecule has 1 heterocycles. The first-order valence-corrected chi connectivity index (χ1v) is 9.37. The monoisotopic (exact) mass is 444 g/mol. The third-order valence-electron chi connectivity index (χ3n) is 4.86. The maximum absolute atomic E-state index is 13.8. The fourth-order valence-corrected chi connectivity index (χ4v) is 3.12. The summed E-state index contributed by atoms with van der Waals surface area (Å²) >= 11 is 0. The molecule has 32 heavy (non-hydrogen) atoms. The lowest BCUT2D eigenvalue weighted by molar-refractivity contribution is -0.236. The van der Waals surface area contributed by atoms with Gasteiger partial charge in [0.2, 0.25) is 5.60 Å². The van der Waals surface area contributed by atoms with Crippen molar-refractivity contribution in [3.8, 4) is 18.2 Å². The van der Waals surface area contributed by atoms with Crippen molar-refractivity contribution in [1.29, 1.82) is 15.8 Å². The largest absolute Gasteiger partial charge is 0.470 e. The van der Waals surface area contributed by atoms with Crippen LogP contribution in [0.5, 0.6) is 0 Å². The molecule has 0 bridgehead atoms. The van der Waals surface area contributed by atoms with Gasteiger partial charge >= 0.3 is 6.18 Å². The van der Waals surface area contributed by atoms with E-state index >= 15 is 0 Å². The quantitative estimate of drug-likeness (QED) is 0.620. The molecule has 0 saturated carbocycles.